The Kier molecular flexibility index (Phi) is 5.03. The molecule has 0 bridgehead atoms. The molecule has 19 heavy (non-hydrogen) atoms. The van der Waals surface area contributed by atoms with Gasteiger partial charge in [-0.3, -0.25) is 0 Å². The number of hydrogen-bond acceptors (Lipinski definition) is 3. The van der Waals surface area contributed by atoms with Gasteiger partial charge < -0.3 is 5.32 Å². The second-order valence-electron chi connectivity index (χ2n) is 4.96. The van der Waals surface area contributed by atoms with Crippen molar-refractivity contribution in [2.45, 2.75) is 48.8 Å². The fourth-order valence-electron chi connectivity index (χ4n) is 2.80. The smallest absolute Gasteiger partial charge is 0.183 e. The molecule has 106 valence electrons. The van der Waals surface area contributed by atoms with Crippen LogP contribution in [0.4, 0.5) is 0 Å². The standard InChI is InChI=1S/C14H20BrNO2S/c1-2-16-12-8-4-6-10-14(12)19(17,18)13-9-5-3-7-11(13)15/h3,5,7,9,12,14,16H,2,4,6,8,10H2,1H3. The van der Waals surface area contributed by atoms with Gasteiger partial charge in [-0.25, -0.2) is 8.42 Å². The van der Waals surface area contributed by atoms with Gasteiger partial charge in [-0.1, -0.05) is 31.9 Å². The molecule has 0 spiro atoms. The molecule has 0 aromatic heterocycles. The molecule has 1 aromatic rings. The number of hydrogen-bond donors (Lipinski definition) is 1. The van der Waals surface area contributed by atoms with Crippen molar-refractivity contribution in [2.24, 2.45) is 0 Å². The van der Waals surface area contributed by atoms with E-state index in [1.165, 1.54) is 0 Å². The van der Waals surface area contributed by atoms with E-state index in [0.29, 0.717) is 9.37 Å². The summed E-state index contributed by atoms with van der Waals surface area (Å²) in [7, 11) is -3.27. The minimum atomic E-state index is -3.27. The van der Waals surface area contributed by atoms with Crippen LogP contribution in [0.15, 0.2) is 33.6 Å². The Hall–Kier alpha value is -0.390. The molecular formula is C14H20BrNO2S. The summed E-state index contributed by atoms with van der Waals surface area (Å²) in [4.78, 5) is 0.421. The molecule has 3 nitrogen and oxygen atoms in total. The highest BCUT2D eigenvalue weighted by molar-refractivity contribution is 9.10. The van der Waals surface area contributed by atoms with E-state index in [4.69, 9.17) is 0 Å². The van der Waals surface area contributed by atoms with Crippen molar-refractivity contribution >= 4 is 25.8 Å². The zero-order valence-corrected chi connectivity index (χ0v) is 13.5. The molecule has 5 heteroatoms. The number of nitrogens with one attached hydrogen (secondary N) is 1. The molecule has 1 saturated carbocycles. The summed E-state index contributed by atoms with van der Waals surface area (Å²) in [6.45, 7) is 2.84. The normalized spacial score (nSPS) is 24.3. The zero-order valence-electron chi connectivity index (χ0n) is 11.1. The maximum atomic E-state index is 12.8. The summed E-state index contributed by atoms with van der Waals surface area (Å²) in [5.74, 6) is 0. The van der Waals surface area contributed by atoms with Gasteiger partial charge in [0.2, 0.25) is 0 Å². The van der Waals surface area contributed by atoms with Crippen LogP contribution in [-0.2, 0) is 9.84 Å². The topological polar surface area (TPSA) is 46.2 Å². The van der Waals surface area contributed by atoms with E-state index < -0.39 is 9.84 Å². The van der Waals surface area contributed by atoms with E-state index in [1.54, 1.807) is 18.2 Å². The molecule has 0 heterocycles. The van der Waals surface area contributed by atoms with Gasteiger partial charge >= 0.3 is 0 Å². The first-order valence-electron chi connectivity index (χ1n) is 6.79. The Balaban J connectivity index is 2.35. The Bertz CT molecular complexity index is 528. The van der Waals surface area contributed by atoms with Crippen molar-refractivity contribution in [3.63, 3.8) is 0 Å². The molecule has 0 aliphatic heterocycles. The monoisotopic (exact) mass is 345 g/mol. The first-order chi connectivity index (χ1) is 9.07. The third-order valence-electron chi connectivity index (χ3n) is 3.71. The Morgan fingerprint density at radius 1 is 1.26 bits per heavy atom. The quantitative estimate of drug-likeness (QED) is 0.911. The van der Waals surface area contributed by atoms with Gasteiger partial charge in [-0.05, 0) is 47.4 Å². The van der Waals surface area contributed by atoms with Crippen molar-refractivity contribution in [2.75, 3.05) is 6.54 Å². The van der Waals surface area contributed by atoms with E-state index in [9.17, 15) is 8.42 Å². The largest absolute Gasteiger partial charge is 0.313 e. The highest BCUT2D eigenvalue weighted by Gasteiger charge is 2.36. The molecule has 2 rings (SSSR count). The summed E-state index contributed by atoms with van der Waals surface area (Å²) < 4.78 is 26.3. The Morgan fingerprint density at radius 2 is 1.95 bits per heavy atom. The molecule has 1 N–H and O–H groups in total. The minimum Gasteiger partial charge on any atom is -0.313 e. The van der Waals surface area contributed by atoms with Crippen LogP contribution in [-0.4, -0.2) is 26.3 Å². The van der Waals surface area contributed by atoms with Crippen LogP contribution >= 0.6 is 15.9 Å². The number of sulfone groups is 1. The maximum absolute atomic E-state index is 12.8. The summed E-state index contributed by atoms with van der Waals surface area (Å²) in [6, 6.07) is 7.18. The first-order valence-corrected chi connectivity index (χ1v) is 9.13. The van der Waals surface area contributed by atoms with E-state index in [0.717, 1.165) is 32.2 Å². The van der Waals surface area contributed by atoms with Crippen LogP contribution in [0.5, 0.6) is 0 Å². The lowest BCUT2D eigenvalue weighted by Crippen LogP contribution is -2.46. The molecule has 0 saturated heterocycles. The van der Waals surface area contributed by atoms with Crippen molar-refractivity contribution in [1.29, 1.82) is 0 Å². The van der Waals surface area contributed by atoms with Gasteiger partial charge in [0.15, 0.2) is 9.84 Å². The molecule has 0 radical (unpaired) electrons. The Labute approximate surface area is 123 Å². The third-order valence-corrected chi connectivity index (χ3v) is 6.99. The predicted molar refractivity (Wildman–Crippen MR) is 81.0 cm³/mol. The molecular weight excluding hydrogens is 326 g/mol. The van der Waals surface area contributed by atoms with Gasteiger partial charge in [0.1, 0.15) is 0 Å². The summed E-state index contributed by atoms with van der Waals surface area (Å²) in [5, 5.41) is 3.03. The molecule has 0 amide bonds. The van der Waals surface area contributed by atoms with Gasteiger partial charge in [-0.15, -0.1) is 0 Å². The second kappa shape index (κ2) is 6.37. The summed E-state index contributed by atoms with van der Waals surface area (Å²) in [6.07, 6.45) is 3.80. The maximum Gasteiger partial charge on any atom is 0.183 e. The summed E-state index contributed by atoms with van der Waals surface area (Å²) >= 11 is 3.36. The van der Waals surface area contributed by atoms with Crippen molar-refractivity contribution in [3.05, 3.63) is 28.7 Å². The van der Waals surface area contributed by atoms with E-state index in [-0.39, 0.29) is 11.3 Å². The van der Waals surface area contributed by atoms with Gasteiger partial charge in [0.05, 0.1) is 10.1 Å². The van der Waals surface area contributed by atoms with E-state index in [2.05, 4.69) is 21.2 Å². The van der Waals surface area contributed by atoms with Crippen molar-refractivity contribution in [3.8, 4) is 0 Å². The van der Waals surface area contributed by atoms with Crippen LogP contribution < -0.4 is 5.32 Å². The van der Waals surface area contributed by atoms with E-state index >= 15 is 0 Å². The van der Waals surface area contributed by atoms with E-state index in [1.807, 2.05) is 13.0 Å². The average molecular weight is 346 g/mol. The van der Waals surface area contributed by atoms with Gasteiger partial charge in [0, 0.05) is 10.5 Å². The van der Waals surface area contributed by atoms with Crippen LogP contribution in [0.25, 0.3) is 0 Å². The van der Waals surface area contributed by atoms with Crippen molar-refractivity contribution in [1.82, 2.24) is 5.32 Å². The highest BCUT2D eigenvalue weighted by Crippen LogP contribution is 2.32. The average Bonchev–Trinajstić information content (AvgIpc) is 2.40. The van der Waals surface area contributed by atoms with Crippen LogP contribution in [0, 0.1) is 0 Å². The van der Waals surface area contributed by atoms with Crippen molar-refractivity contribution < 1.29 is 8.42 Å². The van der Waals surface area contributed by atoms with Gasteiger partial charge in [0.25, 0.3) is 0 Å². The fourth-order valence-corrected chi connectivity index (χ4v) is 5.84. The minimum absolute atomic E-state index is 0.0795. The van der Waals surface area contributed by atoms with Crippen LogP contribution in [0.3, 0.4) is 0 Å². The first kappa shape index (κ1) is 15.0. The molecule has 2 atom stereocenters. The SMILES string of the molecule is CCNC1CCCCC1S(=O)(=O)c1ccccc1Br. The molecule has 1 aliphatic carbocycles. The highest BCUT2D eigenvalue weighted by atomic mass is 79.9. The molecule has 1 aromatic carbocycles. The molecule has 1 aliphatic rings. The number of rotatable bonds is 4. The number of benzene rings is 1. The second-order valence-corrected chi connectivity index (χ2v) is 7.95. The third kappa shape index (κ3) is 3.20. The lowest BCUT2D eigenvalue weighted by atomic mass is 9.95. The summed E-state index contributed by atoms with van der Waals surface area (Å²) in [5.41, 5.74) is 0. The lowest BCUT2D eigenvalue weighted by molar-refractivity contribution is 0.376. The Morgan fingerprint density at radius 3 is 2.63 bits per heavy atom. The zero-order chi connectivity index (χ0) is 13.9. The van der Waals surface area contributed by atoms with Crippen LogP contribution in [0.1, 0.15) is 32.6 Å². The fraction of sp³-hybridized carbons (Fsp3) is 0.571. The predicted octanol–water partition coefficient (Wildman–Crippen LogP) is 3.14. The number of halogens is 1. The lowest BCUT2D eigenvalue weighted by Gasteiger charge is -2.32. The van der Waals surface area contributed by atoms with Crippen LogP contribution in [0.2, 0.25) is 0 Å². The molecule has 1 fully saturated rings. The van der Waals surface area contributed by atoms with Gasteiger partial charge in [-0.2, -0.15) is 0 Å². The molecule has 2 unspecified atom stereocenters.